The predicted molar refractivity (Wildman–Crippen MR) is 220 cm³/mol. The molecule has 0 unspecified atom stereocenters. The number of hydrogen-bond acceptors (Lipinski definition) is 1. The van der Waals surface area contributed by atoms with Gasteiger partial charge in [0.15, 0.2) is 0 Å². The van der Waals surface area contributed by atoms with Crippen molar-refractivity contribution in [2.24, 2.45) is 0 Å². The third-order valence-electron chi connectivity index (χ3n) is 11.6. The molecule has 1 heteroatoms. The molecule has 9 aromatic carbocycles. The van der Waals surface area contributed by atoms with Gasteiger partial charge >= 0.3 is 0 Å². The summed E-state index contributed by atoms with van der Waals surface area (Å²) in [5.74, 6) is 0. The molecular weight excluding hydrogens is 629 g/mol. The molecule has 0 amide bonds. The Morgan fingerprint density at radius 1 is 0.346 bits per heavy atom. The van der Waals surface area contributed by atoms with Gasteiger partial charge in [-0.1, -0.05) is 159 Å². The highest BCUT2D eigenvalue weighted by Crippen LogP contribution is 2.56. The van der Waals surface area contributed by atoms with Gasteiger partial charge in [-0.2, -0.15) is 0 Å². The van der Waals surface area contributed by atoms with Crippen molar-refractivity contribution in [2.45, 2.75) is 19.3 Å². The van der Waals surface area contributed by atoms with E-state index in [4.69, 9.17) is 4.42 Å². The van der Waals surface area contributed by atoms with Crippen molar-refractivity contribution in [3.8, 4) is 44.5 Å². The molecule has 1 heterocycles. The van der Waals surface area contributed by atoms with E-state index in [-0.39, 0.29) is 5.41 Å². The number of benzene rings is 9. The first-order valence-corrected chi connectivity index (χ1v) is 18.2. The molecule has 1 aliphatic rings. The highest BCUT2D eigenvalue weighted by atomic mass is 16.3. The Morgan fingerprint density at radius 2 is 0.904 bits per heavy atom. The topological polar surface area (TPSA) is 13.1 Å². The van der Waals surface area contributed by atoms with Crippen LogP contribution >= 0.6 is 0 Å². The molecule has 52 heavy (non-hydrogen) atoms. The van der Waals surface area contributed by atoms with Gasteiger partial charge in [-0.15, -0.1) is 0 Å². The zero-order chi connectivity index (χ0) is 34.6. The minimum Gasteiger partial charge on any atom is -0.456 e. The van der Waals surface area contributed by atoms with Crippen molar-refractivity contribution < 1.29 is 4.42 Å². The van der Waals surface area contributed by atoms with Crippen LogP contribution < -0.4 is 0 Å². The van der Waals surface area contributed by atoms with E-state index >= 15 is 0 Å². The van der Waals surface area contributed by atoms with Crippen LogP contribution in [-0.2, 0) is 5.41 Å². The zero-order valence-electron chi connectivity index (χ0n) is 29.1. The second-order valence-electron chi connectivity index (χ2n) is 14.8. The van der Waals surface area contributed by atoms with Gasteiger partial charge in [0.1, 0.15) is 11.2 Å². The van der Waals surface area contributed by atoms with Crippen LogP contribution in [0.1, 0.15) is 25.0 Å². The fraction of sp³-hybridized carbons (Fsp3) is 0.0588. The van der Waals surface area contributed by atoms with E-state index in [0.717, 1.165) is 21.9 Å². The number of para-hydroxylation sites is 1. The Kier molecular flexibility index (Phi) is 6.08. The second kappa shape index (κ2) is 10.8. The van der Waals surface area contributed by atoms with Crippen molar-refractivity contribution in [3.63, 3.8) is 0 Å². The maximum atomic E-state index is 6.16. The molecule has 1 aliphatic carbocycles. The van der Waals surface area contributed by atoms with Gasteiger partial charge in [0.2, 0.25) is 0 Å². The van der Waals surface area contributed by atoms with Crippen molar-refractivity contribution in [3.05, 3.63) is 181 Å². The van der Waals surface area contributed by atoms with E-state index in [2.05, 4.69) is 172 Å². The van der Waals surface area contributed by atoms with Crippen LogP contribution in [0.2, 0.25) is 0 Å². The molecule has 244 valence electrons. The average molecular weight is 663 g/mol. The van der Waals surface area contributed by atoms with Crippen molar-refractivity contribution in [2.75, 3.05) is 0 Å². The van der Waals surface area contributed by atoms with E-state index in [1.807, 2.05) is 12.1 Å². The molecular formula is C51H34O. The minimum absolute atomic E-state index is 0.182. The minimum atomic E-state index is -0.182. The normalized spacial score (nSPS) is 13.3. The molecule has 0 aliphatic heterocycles. The molecule has 1 nitrogen and oxygen atoms in total. The van der Waals surface area contributed by atoms with Gasteiger partial charge in [0.05, 0.1) is 0 Å². The lowest BCUT2D eigenvalue weighted by atomic mass is 9.76. The fourth-order valence-electron chi connectivity index (χ4n) is 9.44. The molecule has 0 saturated heterocycles. The summed E-state index contributed by atoms with van der Waals surface area (Å²) in [7, 11) is 0. The number of furan rings is 1. The third-order valence-corrected chi connectivity index (χ3v) is 11.6. The molecule has 11 rings (SSSR count). The summed E-state index contributed by atoms with van der Waals surface area (Å²) in [5, 5.41) is 10.0. The lowest BCUT2D eigenvalue weighted by Crippen LogP contribution is -2.17. The Hall–Kier alpha value is -6.44. The van der Waals surface area contributed by atoms with Crippen LogP contribution in [0.15, 0.2) is 174 Å². The van der Waals surface area contributed by atoms with Crippen LogP contribution in [0.25, 0.3) is 98.8 Å². The summed E-state index contributed by atoms with van der Waals surface area (Å²) in [5.41, 5.74) is 14.7. The molecule has 0 radical (unpaired) electrons. The van der Waals surface area contributed by atoms with Crippen LogP contribution in [0, 0.1) is 0 Å². The van der Waals surface area contributed by atoms with Crippen LogP contribution in [0.3, 0.4) is 0 Å². The summed E-state index contributed by atoms with van der Waals surface area (Å²) in [4.78, 5) is 0. The van der Waals surface area contributed by atoms with Gasteiger partial charge in [-0.3, -0.25) is 0 Å². The lowest BCUT2D eigenvalue weighted by molar-refractivity contribution is 0.668. The predicted octanol–water partition coefficient (Wildman–Crippen LogP) is 14.4. The largest absolute Gasteiger partial charge is 0.456 e. The molecule has 1 aromatic heterocycles. The van der Waals surface area contributed by atoms with E-state index in [0.29, 0.717) is 0 Å². The highest BCUT2D eigenvalue weighted by Gasteiger charge is 2.39. The number of rotatable bonds is 3. The van der Waals surface area contributed by atoms with E-state index in [1.54, 1.807) is 0 Å². The molecule has 0 saturated carbocycles. The first-order chi connectivity index (χ1) is 25.6. The highest BCUT2D eigenvalue weighted by molar-refractivity contribution is 6.22. The Bertz CT molecular complexity index is 3040. The monoisotopic (exact) mass is 662 g/mol. The maximum Gasteiger partial charge on any atom is 0.135 e. The third kappa shape index (κ3) is 4.05. The second-order valence-corrected chi connectivity index (χ2v) is 14.8. The number of hydrogen-bond donors (Lipinski definition) is 0. The Morgan fingerprint density at radius 3 is 1.67 bits per heavy atom. The quantitative estimate of drug-likeness (QED) is 0.172. The van der Waals surface area contributed by atoms with Crippen molar-refractivity contribution >= 4 is 54.3 Å². The summed E-state index contributed by atoms with van der Waals surface area (Å²) >= 11 is 0. The van der Waals surface area contributed by atoms with Crippen LogP contribution in [-0.4, -0.2) is 0 Å². The lowest BCUT2D eigenvalue weighted by Gasteiger charge is -2.27. The SMILES string of the molecule is CC1(C)c2c(cccc2-c2c3ccccc3c(-c3cccc(-c4ccc5oc6ccccc6c5c4)c3)c3ccccc23)-c2ccc3ccccc3c21. The van der Waals surface area contributed by atoms with Crippen LogP contribution in [0.5, 0.6) is 0 Å². The van der Waals surface area contributed by atoms with Crippen molar-refractivity contribution in [1.29, 1.82) is 0 Å². The fourth-order valence-corrected chi connectivity index (χ4v) is 9.44. The molecule has 0 N–H and O–H groups in total. The van der Waals surface area contributed by atoms with Gasteiger partial charge < -0.3 is 4.42 Å². The summed E-state index contributed by atoms with van der Waals surface area (Å²) in [6.45, 7) is 4.84. The Labute approximate surface area is 302 Å². The van der Waals surface area contributed by atoms with Crippen molar-refractivity contribution in [1.82, 2.24) is 0 Å². The Balaban J connectivity index is 1.15. The summed E-state index contributed by atoms with van der Waals surface area (Å²) in [6, 6.07) is 62.4. The standard InChI is InChI=1S/C51H34O/c1-51(2)49-35-16-4-3-13-31(35)25-27-42(49)41-22-12-23-43(50(41)51)48-39-20-7-5-18-37(39)47(38-19-6-8-21-40(38)48)34-15-11-14-32(29-34)33-26-28-46-44(30-33)36-17-9-10-24-45(36)52-46/h3-30H,1-2H3. The molecule has 0 bridgehead atoms. The zero-order valence-corrected chi connectivity index (χ0v) is 29.1. The average Bonchev–Trinajstić information content (AvgIpc) is 3.68. The van der Waals surface area contributed by atoms with Gasteiger partial charge in [0.25, 0.3) is 0 Å². The molecule has 0 fully saturated rings. The number of fused-ring (bicyclic) bond motifs is 10. The van der Waals surface area contributed by atoms with Gasteiger partial charge in [-0.25, -0.2) is 0 Å². The molecule has 0 atom stereocenters. The van der Waals surface area contributed by atoms with E-state index in [1.165, 1.54) is 88.0 Å². The van der Waals surface area contributed by atoms with Gasteiger partial charge in [0, 0.05) is 16.2 Å². The summed E-state index contributed by atoms with van der Waals surface area (Å²) < 4.78 is 6.16. The van der Waals surface area contributed by atoms with Crippen LogP contribution in [0.4, 0.5) is 0 Å². The van der Waals surface area contributed by atoms with E-state index < -0.39 is 0 Å². The first-order valence-electron chi connectivity index (χ1n) is 18.2. The molecule has 10 aromatic rings. The molecule has 0 spiro atoms. The van der Waals surface area contributed by atoms with Gasteiger partial charge in [-0.05, 0) is 112 Å². The smallest absolute Gasteiger partial charge is 0.135 e. The van der Waals surface area contributed by atoms with E-state index in [9.17, 15) is 0 Å². The maximum absolute atomic E-state index is 6.16. The first kappa shape index (κ1) is 29.3. The summed E-state index contributed by atoms with van der Waals surface area (Å²) in [6.07, 6.45) is 0.